The second-order valence-electron chi connectivity index (χ2n) is 5.94. The van der Waals surface area contributed by atoms with E-state index in [0.29, 0.717) is 13.0 Å². The lowest BCUT2D eigenvalue weighted by atomic mass is 10.1. The summed E-state index contributed by atoms with van der Waals surface area (Å²) in [6.45, 7) is 2.92. The van der Waals surface area contributed by atoms with Crippen molar-refractivity contribution in [2.24, 2.45) is 0 Å². The highest BCUT2D eigenvalue weighted by molar-refractivity contribution is 7.17. The molecular weight excluding hydrogens is 334 g/mol. The minimum Gasteiger partial charge on any atom is -0.386 e. The van der Waals surface area contributed by atoms with Crippen LogP contribution in [0.15, 0.2) is 48.2 Å². The van der Waals surface area contributed by atoms with E-state index in [2.05, 4.69) is 9.97 Å². The minimum atomic E-state index is -0.733. The Morgan fingerprint density at radius 3 is 2.96 bits per heavy atom. The van der Waals surface area contributed by atoms with Crippen LogP contribution in [0.5, 0.6) is 0 Å². The van der Waals surface area contributed by atoms with Crippen LogP contribution in [0, 0.1) is 0 Å². The van der Waals surface area contributed by atoms with Crippen LogP contribution in [0.2, 0.25) is 0 Å². The lowest BCUT2D eigenvalue weighted by Crippen LogP contribution is -2.36. The number of thiazole rings is 1. The number of aliphatic hydroxyl groups is 1. The van der Waals surface area contributed by atoms with Crippen LogP contribution < -0.4 is 0 Å². The van der Waals surface area contributed by atoms with Gasteiger partial charge in [0.25, 0.3) is 0 Å². The number of hydrogen-bond acceptors (Lipinski definition) is 5. The summed E-state index contributed by atoms with van der Waals surface area (Å²) in [5.41, 5.74) is 4.44. The van der Waals surface area contributed by atoms with E-state index in [9.17, 15) is 9.90 Å². The molecule has 0 aliphatic rings. The van der Waals surface area contributed by atoms with Gasteiger partial charge in [-0.25, -0.2) is 4.98 Å². The highest BCUT2D eigenvalue weighted by Gasteiger charge is 2.19. The molecule has 1 amide bonds. The Morgan fingerprint density at radius 2 is 2.20 bits per heavy atom. The molecule has 1 atom stereocenters. The van der Waals surface area contributed by atoms with Gasteiger partial charge >= 0.3 is 0 Å². The van der Waals surface area contributed by atoms with Gasteiger partial charge in [-0.15, -0.1) is 11.3 Å². The minimum absolute atomic E-state index is 0.0192. The van der Waals surface area contributed by atoms with Crippen molar-refractivity contribution in [1.82, 2.24) is 14.9 Å². The first-order valence-corrected chi connectivity index (χ1v) is 9.24. The standard InChI is InChI=1S/C19H21N3O2S/c1-2-9-22(12-17(23)15-6-4-8-20-11-15)18(24)10-14-5-3-7-16-19(14)25-13-21-16/h3-8,11,13,17,23H,2,9-10,12H2,1H3/t17-/m1/s1. The van der Waals surface area contributed by atoms with E-state index in [1.54, 1.807) is 40.2 Å². The SMILES string of the molecule is CCCN(C[C@@H](O)c1cccnc1)C(=O)Cc1cccc2ncsc12. The second-order valence-corrected chi connectivity index (χ2v) is 6.79. The zero-order chi connectivity index (χ0) is 17.6. The first kappa shape index (κ1) is 17.5. The highest BCUT2D eigenvalue weighted by Crippen LogP contribution is 2.23. The molecule has 2 heterocycles. The third kappa shape index (κ3) is 4.21. The summed E-state index contributed by atoms with van der Waals surface area (Å²) in [5, 5.41) is 10.4. The molecule has 0 fully saturated rings. The molecule has 1 N–H and O–H groups in total. The Bertz CT molecular complexity index is 835. The number of benzene rings is 1. The van der Waals surface area contributed by atoms with Crippen LogP contribution in [0.3, 0.4) is 0 Å². The smallest absolute Gasteiger partial charge is 0.227 e. The second kappa shape index (κ2) is 8.18. The van der Waals surface area contributed by atoms with Crippen molar-refractivity contribution in [3.05, 3.63) is 59.4 Å². The fourth-order valence-corrected chi connectivity index (χ4v) is 3.64. The van der Waals surface area contributed by atoms with Crippen LogP contribution in [0.4, 0.5) is 0 Å². The lowest BCUT2D eigenvalue weighted by molar-refractivity contribution is -0.132. The van der Waals surface area contributed by atoms with Crippen molar-refractivity contribution in [1.29, 1.82) is 0 Å². The molecule has 5 nitrogen and oxygen atoms in total. The molecule has 130 valence electrons. The number of rotatable bonds is 7. The predicted octanol–water partition coefficient (Wildman–Crippen LogP) is 3.21. The summed E-state index contributed by atoms with van der Waals surface area (Å²) in [4.78, 5) is 22.9. The van der Waals surface area contributed by atoms with Gasteiger partial charge in [-0.3, -0.25) is 9.78 Å². The van der Waals surface area contributed by atoms with Crippen molar-refractivity contribution < 1.29 is 9.90 Å². The Kier molecular flexibility index (Phi) is 5.73. The first-order chi connectivity index (χ1) is 12.2. The first-order valence-electron chi connectivity index (χ1n) is 8.36. The van der Waals surface area contributed by atoms with Gasteiger partial charge in [-0.2, -0.15) is 0 Å². The molecule has 0 aliphatic heterocycles. The predicted molar refractivity (Wildman–Crippen MR) is 99.4 cm³/mol. The highest BCUT2D eigenvalue weighted by atomic mass is 32.1. The maximum atomic E-state index is 12.8. The number of aliphatic hydroxyl groups excluding tert-OH is 1. The van der Waals surface area contributed by atoms with Crippen molar-refractivity contribution in [3.8, 4) is 0 Å². The largest absolute Gasteiger partial charge is 0.386 e. The van der Waals surface area contributed by atoms with E-state index in [-0.39, 0.29) is 12.5 Å². The van der Waals surface area contributed by atoms with E-state index in [1.807, 2.05) is 31.2 Å². The van der Waals surface area contributed by atoms with Crippen molar-refractivity contribution in [2.75, 3.05) is 13.1 Å². The summed E-state index contributed by atoms with van der Waals surface area (Å²) < 4.78 is 1.06. The average molecular weight is 355 g/mol. The lowest BCUT2D eigenvalue weighted by Gasteiger charge is -2.25. The summed E-state index contributed by atoms with van der Waals surface area (Å²) in [6, 6.07) is 9.47. The molecule has 2 aromatic heterocycles. The number of aromatic nitrogens is 2. The van der Waals surface area contributed by atoms with E-state index in [0.717, 1.165) is 27.8 Å². The Morgan fingerprint density at radius 1 is 1.32 bits per heavy atom. The van der Waals surface area contributed by atoms with Gasteiger partial charge in [0.2, 0.25) is 5.91 Å². The molecule has 3 rings (SSSR count). The fourth-order valence-electron chi connectivity index (χ4n) is 2.83. The van der Waals surface area contributed by atoms with E-state index < -0.39 is 6.10 Å². The molecule has 0 unspecified atom stereocenters. The monoisotopic (exact) mass is 355 g/mol. The number of amides is 1. The maximum Gasteiger partial charge on any atom is 0.227 e. The summed E-state index contributed by atoms with van der Waals surface area (Å²) in [5.74, 6) is 0.0192. The Balaban J connectivity index is 1.73. The molecule has 3 aromatic rings. The third-order valence-electron chi connectivity index (χ3n) is 4.09. The average Bonchev–Trinajstić information content (AvgIpc) is 3.12. The number of carbonyl (C=O) groups excluding carboxylic acids is 1. The van der Waals surface area contributed by atoms with E-state index in [1.165, 1.54) is 0 Å². The molecule has 0 aliphatic carbocycles. The van der Waals surface area contributed by atoms with Crippen molar-refractivity contribution >= 4 is 27.5 Å². The topological polar surface area (TPSA) is 66.3 Å². The van der Waals surface area contributed by atoms with Gasteiger partial charge in [-0.1, -0.05) is 25.1 Å². The summed E-state index contributed by atoms with van der Waals surface area (Å²) >= 11 is 1.55. The van der Waals surface area contributed by atoms with Gasteiger partial charge in [0.05, 0.1) is 34.8 Å². The number of carbonyl (C=O) groups is 1. The van der Waals surface area contributed by atoms with Crippen molar-refractivity contribution in [3.63, 3.8) is 0 Å². The van der Waals surface area contributed by atoms with Crippen molar-refractivity contribution in [2.45, 2.75) is 25.9 Å². The fraction of sp³-hybridized carbons (Fsp3) is 0.316. The summed E-state index contributed by atoms with van der Waals surface area (Å²) in [7, 11) is 0. The zero-order valence-corrected chi connectivity index (χ0v) is 14.9. The van der Waals surface area contributed by atoms with Crippen LogP contribution in [-0.2, 0) is 11.2 Å². The van der Waals surface area contributed by atoms with Gasteiger partial charge in [0.15, 0.2) is 0 Å². The number of fused-ring (bicyclic) bond motifs is 1. The van der Waals surface area contributed by atoms with Crippen LogP contribution in [0.1, 0.15) is 30.6 Å². The van der Waals surface area contributed by atoms with Gasteiger partial charge in [-0.05, 0) is 24.1 Å². The molecular formula is C19H21N3O2S. The molecule has 1 aromatic carbocycles. The van der Waals surface area contributed by atoms with Crippen LogP contribution >= 0.6 is 11.3 Å². The number of pyridine rings is 1. The molecule has 0 saturated heterocycles. The molecule has 25 heavy (non-hydrogen) atoms. The summed E-state index contributed by atoms with van der Waals surface area (Å²) in [6.07, 6.45) is 3.73. The van der Waals surface area contributed by atoms with Gasteiger partial charge < -0.3 is 10.0 Å². The molecule has 0 spiro atoms. The number of nitrogens with zero attached hydrogens (tertiary/aromatic N) is 3. The third-order valence-corrected chi connectivity index (χ3v) is 5.01. The molecule has 0 bridgehead atoms. The van der Waals surface area contributed by atoms with E-state index >= 15 is 0 Å². The molecule has 6 heteroatoms. The van der Waals surface area contributed by atoms with E-state index in [4.69, 9.17) is 0 Å². The molecule has 0 saturated carbocycles. The van der Waals surface area contributed by atoms with Gasteiger partial charge in [0, 0.05) is 24.5 Å². The van der Waals surface area contributed by atoms with Crippen LogP contribution in [-0.4, -0.2) is 39.0 Å². The molecule has 0 radical (unpaired) electrons. The quantitative estimate of drug-likeness (QED) is 0.707. The Hall–Kier alpha value is -2.31. The van der Waals surface area contributed by atoms with Gasteiger partial charge in [0.1, 0.15) is 0 Å². The zero-order valence-electron chi connectivity index (χ0n) is 14.1. The Labute approximate surface area is 151 Å². The normalized spacial score (nSPS) is 12.2. The van der Waals surface area contributed by atoms with Crippen LogP contribution in [0.25, 0.3) is 10.2 Å². The maximum absolute atomic E-state index is 12.8. The number of hydrogen-bond donors (Lipinski definition) is 1.